The topological polar surface area (TPSA) is 0 Å². The van der Waals surface area contributed by atoms with Gasteiger partial charge >= 0.3 is 0 Å². The van der Waals surface area contributed by atoms with Crippen molar-refractivity contribution in [2.45, 2.75) is 6.42 Å². The zero-order chi connectivity index (χ0) is 11.2. The van der Waals surface area contributed by atoms with Gasteiger partial charge in [-0.05, 0) is 39.9 Å². The third kappa shape index (κ3) is 1.38. The molecule has 0 bridgehead atoms. The van der Waals surface area contributed by atoms with Gasteiger partial charge in [0.15, 0.2) is 0 Å². The molecular weight excluding hydrogens is 204 g/mol. The van der Waals surface area contributed by atoms with E-state index in [0.29, 0.717) is 0 Å². The van der Waals surface area contributed by atoms with Gasteiger partial charge in [0.05, 0.1) is 0 Å². The van der Waals surface area contributed by atoms with E-state index < -0.39 is 0 Å². The van der Waals surface area contributed by atoms with Gasteiger partial charge in [-0.1, -0.05) is 60.8 Å². The molecule has 17 heavy (non-hydrogen) atoms. The van der Waals surface area contributed by atoms with Crippen LogP contribution in [0.15, 0.2) is 94.2 Å². The summed E-state index contributed by atoms with van der Waals surface area (Å²) in [5.74, 6) is 0. The molecule has 0 aromatic heterocycles. The van der Waals surface area contributed by atoms with Crippen molar-refractivity contribution in [1.29, 1.82) is 0 Å². The van der Waals surface area contributed by atoms with Crippen molar-refractivity contribution in [1.82, 2.24) is 0 Å². The van der Waals surface area contributed by atoms with Crippen LogP contribution in [0.25, 0.3) is 0 Å². The monoisotopic (exact) mass is 216 g/mol. The number of hydrogen-bond donors (Lipinski definition) is 0. The molecular formula is C17H12. The first-order valence-electron chi connectivity index (χ1n) is 6.02. The van der Waals surface area contributed by atoms with Crippen molar-refractivity contribution in [3.05, 3.63) is 94.2 Å². The Hall–Kier alpha value is -2.08. The zero-order valence-corrected chi connectivity index (χ0v) is 9.48. The summed E-state index contributed by atoms with van der Waals surface area (Å²) in [7, 11) is 0. The van der Waals surface area contributed by atoms with Gasteiger partial charge in [0.25, 0.3) is 0 Å². The molecule has 0 saturated heterocycles. The number of rotatable bonds is 0. The van der Waals surface area contributed by atoms with Gasteiger partial charge in [-0.25, -0.2) is 0 Å². The van der Waals surface area contributed by atoms with E-state index in [1.807, 2.05) is 0 Å². The fourth-order valence-electron chi connectivity index (χ4n) is 2.58. The molecule has 0 heterocycles. The van der Waals surface area contributed by atoms with Crippen LogP contribution in [0.2, 0.25) is 0 Å². The molecule has 0 unspecified atom stereocenters. The highest BCUT2D eigenvalue weighted by molar-refractivity contribution is 5.75. The highest BCUT2D eigenvalue weighted by Gasteiger charge is 2.31. The van der Waals surface area contributed by atoms with Crippen molar-refractivity contribution in [2.75, 3.05) is 0 Å². The van der Waals surface area contributed by atoms with Crippen molar-refractivity contribution < 1.29 is 0 Å². The Morgan fingerprint density at radius 2 is 1.35 bits per heavy atom. The summed E-state index contributed by atoms with van der Waals surface area (Å²) in [6.07, 6.45) is 22.7. The van der Waals surface area contributed by atoms with E-state index in [9.17, 15) is 0 Å². The molecule has 0 aliphatic heterocycles. The number of fused-ring (bicyclic) bond motifs is 3. The van der Waals surface area contributed by atoms with Gasteiger partial charge in [-0.2, -0.15) is 0 Å². The molecule has 0 radical (unpaired) electrons. The lowest BCUT2D eigenvalue weighted by Crippen LogP contribution is -1.76. The second-order valence-corrected chi connectivity index (χ2v) is 4.68. The molecule has 0 aromatic carbocycles. The standard InChI is InChI=1S/C9H6.C8H6/c1-2-6-4-7-5-9(7)8(6)3-1;1-3-7-5-2-6-8(7)4-1/h1-4H,5H2;1-6H. The van der Waals surface area contributed by atoms with Crippen molar-refractivity contribution in [2.24, 2.45) is 0 Å². The summed E-state index contributed by atoms with van der Waals surface area (Å²) in [6, 6.07) is 0. The molecule has 0 atom stereocenters. The average molecular weight is 216 g/mol. The third-order valence-corrected chi connectivity index (χ3v) is 3.57. The first-order chi connectivity index (χ1) is 8.42. The van der Waals surface area contributed by atoms with E-state index in [-0.39, 0.29) is 0 Å². The van der Waals surface area contributed by atoms with Gasteiger partial charge in [0.1, 0.15) is 0 Å². The maximum absolute atomic E-state index is 2.30. The Labute approximate surface area is 101 Å². The number of allylic oxidation sites excluding steroid dienone is 16. The molecule has 0 spiro atoms. The van der Waals surface area contributed by atoms with Gasteiger partial charge in [-0.3, -0.25) is 0 Å². The second-order valence-electron chi connectivity index (χ2n) is 4.68. The minimum Gasteiger partial charge on any atom is -0.0610 e. The Morgan fingerprint density at radius 1 is 0.706 bits per heavy atom. The van der Waals surface area contributed by atoms with Gasteiger partial charge < -0.3 is 0 Å². The van der Waals surface area contributed by atoms with Crippen molar-refractivity contribution in [3.63, 3.8) is 0 Å². The fraction of sp³-hybridized carbons (Fsp3) is 0.0588. The van der Waals surface area contributed by atoms with Gasteiger partial charge in [-0.15, -0.1) is 0 Å². The van der Waals surface area contributed by atoms with Crippen LogP contribution in [0, 0.1) is 0 Å². The van der Waals surface area contributed by atoms with Crippen LogP contribution in [0.3, 0.4) is 0 Å². The van der Waals surface area contributed by atoms with E-state index in [2.05, 4.69) is 60.8 Å². The summed E-state index contributed by atoms with van der Waals surface area (Å²) < 4.78 is 0. The molecule has 0 aromatic rings. The average Bonchev–Trinajstić information content (AvgIpc) is 2.81. The van der Waals surface area contributed by atoms with Crippen molar-refractivity contribution in [3.8, 4) is 0 Å². The quantitative estimate of drug-likeness (QED) is 0.572. The third-order valence-electron chi connectivity index (χ3n) is 3.57. The highest BCUT2D eigenvalue weighted by atomic mass is 14.3. The smallest absolute Gasteiger partial charge is 0.00135 e. The summed E-state index contributed by atoms with van der Waals surface area (Å²) in [4.78, 5) is 0. The van der Waals surface area contributed by atoms with Crippen LogP contribution in [0.5, 0.6) is 0 Å². The van der Waals surface area contributed by atoms with E-state index in [4.69, 9.17) is 0 Å². The molecule has 0 nitrogen and oxygen atoms in total. The van der Waals surface area contributed by atoms with E-state index in [1.165, 1.54) is 28.7 Å². The Morgan fingerprint density at radius 3 is 2.06 bits per heavy atom. The molecule has 5 aliphatic rings. The molecule has 0 N–H and O–H groups in total. The Bertz CT molecular complexity index is 620. The molecule has 0 heteroatoms. The summed E-state index contributed by atoms with van der Waals surface area (Å²) in [5, 5.41) is 0. The van der Waals surface area contributed by atoms with Crippen LogP contribution in [-0.4, -0.2) is 0 Å². The number of hydrogen-bond acceptors (Lipinski definition) is 0. The predicted molar refractivity (Wildman–Crippen MR) is 71.4 cm³/mol. The maximum Gasteiger partial charge on any atom is -0.00135 e. The summed E-state index contributed by atoms with van der Waals surface area (Å²) in [5.41, 5.74) is 8.79. The van der Waals surface area contributed by atoms with Crippen LogP contribution >= 0.6 is 0 Å². The first kappa shape index (κ1) is 9.00. The molecule has 0 fully saturated rings. The SMILES string of the molecule is C1=CC2=CC3=C(C3)C2=C1.C1=CC2=CC=CC2=C1. The lowest BCUT2D eigenvalue weighted by Gasteiger charge is -1.94. The molecule has 0 saturated carbocycles. The van der Waals surface area contributed by atoms with Gasteiger partial charge in [0.2, 0.25) is 0 Å². The van der Waals surface area contributed by atoms with Gasteiger partial charge in [0, 0.05) is 0 Å². The summed E-state index contributed by atoms with van der Waals surface area (Å²) in [6.45, 7) is 0. The maximum atomic E-state index is 2.30. The minimum atomic E-state index is 1.26. The minimum absolute atomic E-state index is 1.26. The predicted octanol–water partition coefficient (Wildman–Crippen LogP) is 4.10. The first-order valence-corrected chi connectivity index (χ1v) is 6.02. The Kier molecular flexibility index (Phi) is 1.70. The van der Waals surface area contributed by atoms with E-state index >= 15 is 0 Å². The fourth-order valence-corrected chi connectivity index (χ4v) is 2.58. The summed E-state index contributed by atoms with van der Waals surface area (Å²) >= 11 is 0. The highest BCUT2D eigenvalue weighted by Crippen LogP contribution is 2.49. The van der Waals surface area contributed by atoms with Crippen LogP contribution in [0.1, 0.15) is 6.42 Å². The molecule has 80 valence electrons. The second kappa shape index (κ2) is 3.21. The van der Waals surface area contributed by atoms with Crippen molar-refractivity contribution >= 4 is 0 Å². The van der Waals surface area contributed by atoms with E-state index in [1.54, 1.807) is 11.1 Å². The van der Waals surface area contributed by atoms with E-state index in [0.717, 1.165) is 0 Å². The van der Waals surface area contributed by atoms with Crippen LogP contribution < -0.4 is 0 Å². The Balaban J connectivity index is 0.0000000950. The van der Waals surface area contributed by atoms with Crippen LogP contribution in [-0.2, 0) is 0 Å². The normalized spacial score (nSPS) is 23.5. The lowest BCUT2D eigenvalue weighted by molar-refractivity contribution is 1.41. The molecule has 0 amide bonds. The van der Waals surface area contributed by atoms with Crippen LogP contribution in [0.4, 0.5) is 0 Å². The largest absolute Gasteiger partial charge is 0.0610 e. The molecule has 5 rings (SSSR count). The zero-order valence-electron chi connectivity index (χ0n) is 9.48. The molecule has 5 aliphatic carbocycles. The lowest BCUT2D eigenvalue weighted by atomic mass is 10.1.